The second-order valence-electron chi connectivity index (χ2n) is 5.56. The Labute approximate surface area is 175 Å². The molecule has 0 aliphatic carbocycles. The van der Waals surface area contributed by atoms with Crippen LogP contribution in [0.15, 0.2) is 52.9 Å². The van der Waals surface area contributed by atoms with Gasteiger partial charge in [0.2, 0.25) is 11.0 Å². The number of anilines is 2. The maximum Gasteiger partial charge on any atom is 0.261 e. The van der Waals surface area contributed by atoms with Crippen molar-refractivity contribution in [3.8, 4) is 11.5 Å². The molecule has 10 heteroatoms. The van der Waals surface area contributed by atoms with E-state index >= 15 is 0 Å². The molecule has 2 aromatic carbocycles. The van der Waals surface area contributed by atoms with E-state index in [1.165, 1.54) is 30.2 Å². The molecule has 0 saturated carbocycles. The van der Waals surface area contributed by atoms with Gasteiger partial charge < -0.3 is 14.8 Å². The Balaban J connectivity index is 1.54. The summed E-state index contributed by atoms with van der Waals surface area (Å²) in [5.74, 6) is 0.182. The van der Waals surface area contributed by atoms with E-state index in [0.29, 0.717) is 26.5 Å². The molecule has 0 radical (unpaired) electrons. The van der Waals surface area contributed by atoms with Gasteiger partial charge in [0.25, 0.3) is 5.91 Å². The topological polar surface area (TPSA) is 102 Å². The minimum Gasteiger partial charge on any atom is -0.496 e. The van der Waals surface area contributed by atoms with Gasteiger partial charge in [-0.05, 0) is 24.3 Å². The van der Waals surface area contributed by atoms with Crippen molar-refractivity contribution in [2.75, 3.05) is 25.3 Å². The van der Waals surface area contributed by atoms with Crippen molar-refractivity contribution >= 4 is 45.7 Å². The van der Waals surface area contributed by atoms with Crippen molar-refractivity contribution in [2.45, 2.75) is 4.34 Å². The van der Waals surface area contributed by atoms with Crippen LogP contribution >= 0.6 is 23.1 Å². The van der Waals surface area contributed by atoms with Crippen LogP contribution in [0.1, 0.15) is 10.4 Å². The van der Waals surface area contributed by atoms with Gasteiger partial charge in [0, 0.05) is 0 Å². The largest absolute Gasteiger partial charge is 0.496 e. The molecule has 2 N–H and O–H groups in total. The quantitative estimate of drug-likeness (QED) is 0.525. The lowest BCUT2D eigenvalue weighted by Crippen LogP contribution is -2.32. The monoisotopic (exact) mass is 430 g/mol. The first-order valence-electron chi connectivity index (χ1n) is 8.44. The van der Waals surface area contributed by atoms with Crippen LogP contribution in [-0.2, 0) is 4.79 Å². The summed E-state index contributed by atoms with van der Waals surface area (Å²) in [5.41, 5.74) is 1.07. The Morgan fingerprint density at radius 1 is 1.00 bits per heavy atom. The van der Waals surface area contributed by atoms with E-state index in [9.17, 15) is 9.59 Å². The number of carbonyl (C=O) groups excluding carboxylic acids is 2. The number of aromatic nitrogens is 2. The predicted octanol–water partition coefficient (Wildman–Crippen LogP) is 3.35. The number of imide groups is 1. The lowest BCUT2D eigenvalue weighted by molar-refractivity contribution is -0.117. The van der Waals surface area contributed by atoms with Gasteiger partial charge >= 0.3 is 0 Å². The first kappa shape index (κ1) is 20.6. The molecule has 3 rings (SSSR count). The number of methoxy groups -OCH3 is 2. The van der Waals surface area contributed by atoms with Crippen molar-refractivity contribution in [3.05, 3.63) is 54.1 Å². The Bertz CT molecular complexity index is 1010. The normalized spacial score (nSPS) is 10.3. The maximum atomic E-state index is 12.2. The van der Waals surface area contributed by atoms with E-state index in [1.807, 2.05) is 24.3 Å². The molecule has 8 nitrogen and oxygen atoms in total. The summed E-state index contributed by atoms with van der Waals surface area (Å²) in [6, 6.07) is 14.2. The molecule has 3 aromatic rings. The minimum absolute atomic E-state index is 0.0319. The second kappa shape index (κ2) is 9.89. The van der Waals surface area contributed by atoms with Gasteiger partial charge in [-0.15, -0.1) is 10.2 Å². The van der Waals surface area contributed by atoms with Crippen LogP contribution in [0, 0.1) is 0 Å². The van der Waals surface area contributed by atoms with Crippen molar-refractivity contribution in [1.82, 2.24) is 15.5 Å². The number of hydrogen-bond acceptors (Lipinski definition) is 9. The Morgan fingerprint density at radius 2 is 1.69 bits per heavy atom. The standard InChI is InChI=1S/C19H18N4O4S2/c1-26-14-9-5-3-7-12(14)17(25)21-16(24)11-28-19-23-22-18(29-19)20-13-8-4-6-10-15(13)27-2/h3-10H,11H2,1-2H3,(H,20,22)(H,21,24,25). The van der Waals surface area contributed by atoms with E-state index in [-0.39, 0.29) is 5.75 Å². The highest BCUT2D eigenvalue weighted by Gasteiger charge is 2.16. The first-order chi connectivity index (χ1) is 14.1. The molecule has 0 aliphatic rings. The van der Waals surface area contributed by atoms with E-state index in [4.69, 9.17) is 9.47 Å². The number of benzene rings is 2. The Kier molecular flexibility index (Phi) is 7.04. The molecule has 0 atom stereocenters. The lowest BCUT2D eigenvalue weighted by Gasteiger charge is -2.07. The number of nitrogens with zero attached hydrogens (tertiary/aromatic N) is 2. The zero-order valence-electron chi connectivity index (χ0n) is 15.7. The van der Waals surface area contributed by atoms with Crippen LogP contribution in [0.5, 0.6) is 11.5 Å². The van der Waals surface area contributed by atoms with Gasteiger partial charge in [-0.25, -0.2) is 0 Å². The highest BCUT2D eigenvalue weighted by molar-refractivity contribution is 8.01. The zero-order valence-corrected chi connectivity index (χ0v) is 17.3. The molecule has 2 amide bonds. The lowest BCUT2D eigenvalue weighted by atomic mass is 10.2. The van der Waals surface area contributed by atoms with Gasteiger partial charge in [0.1, 0.15) is 11.5 Å². The first-order valence-corrected chi connectivity index (χ1v) is 10.2. The van der Waals surface area contributed by atoms with Crippen molar-refractivity contribution in [1.29, 1.82) is 0 Å². The summed E-state index contributed by atoms with van der Waals surface area (Å²) in [4.78, 5) is 24.4. The summed E-state index contributed by atoms with van der Waals surface area (Å²) in [6.07, 6.45) is 0. The van der Waals surface area contributed by atoms with Crippen LogP contribution < -0.4 is 20.1 Å². The molecular weight excluding hydrogens is 412 g/mol. The summed E-state index contributed by atoms with van der Waals surface area (Å²) in [6.45, 7) is 0. The summed E-state index contributed by atoms with van der Waals surface area (Å²) in [7, 11) is 3.06. The van der Waals surface area contributed by atoms with Crippen molar-refractivity contribution in [3.63, 3.8) is 0 Å². The van der Waals surface area contributed by atoms with Crippen LogP contribution in [-0.4, -0.2) is 42.0 Å². The third kappa shape index (κ3) is 5.46. The number of rotatable bonds is 8. The van der Waals surface area contributed by atoms with Crippen molar-refractivity contribution in [2.24, 2.45) is 0 Å². The second-order valence-corrected chi connectivity index (χ2v) is 7.76. The number of ether oxygens (including phenoxy) is 2. The molecule has 150 valence electrons. The number of amides is 2. The summed E-state index contributed by atoms with van der Waals surface area (Å²) < 4.78 is 11.0. The molecule has 0 fully saturated rings. The van der Waals surface area contributed by atoms with E-state index in [0.717, 1.165) is 5.69 Å². The van der Waals surface area contributed by atoms with E-state index in [2.05, 4.69) is 20.8 Å². The van der Waals surface area contributed by atoms with E-state index in [1.54, 1.807) is 31.4 Å². The van der Waals surface area contributed by atoms with Crippen LogP contribution in [0.2, 0.25) is 0 Å². The van der Waals surface area contributed by atoms with Gasteiger partial charge in [-0.1, -0.05) is 47.4 Å². The molecular formula is C19H18N4O4S2. The third-order valence-corrected chi connectivity index (χ3v) is 5.66. The molecule has 1 aromatic heterocycles. The summed E-state index contributed by atoms with van der Waals surface area (Å²) >= 11 is 2.49. The molecule has 1 heterocycles. The van der Waals surface area contributed by atoms with Crippen LogP contribution in [0.25, 0.3) is 0 Å². The number of thioether (sulfide) groups is 1. The molecule has 0 unspecified atom stereocenters. The smallest absolute Gasteiger partial charge is 0.261 e. The third-order valence-electron chi connectivity index (χ3n) is 3.69. The number of nitrogens with one attached hydrogen (secondary N) is 2. The highest BCUT2D eigenvalue weighted by atomic mass is 32.2. The average Bonchev–Trinajstić information content (AvgIpc) is 3.20. The molecule has 0 saturated heterocycles. The van der Waals surface area contributed by atoms with E-state index < -0.39 is 11.8 Å². The minimum atomic E-state index is -0.510. The molecule has 0 spiro atoms. The average molecular weight is 431 g/mol. The summed E-state index contributed by atoms with van der Waals surface area (Å²) in [5, 5.41) is 14.2. The van der Waals surface area contributed by atoms with Gasteiger partial charge in [0.15, 0.2) is 4.34 Å². The van der Waals surface area contributed by atoms with Gasteiger partial charge in [-0.3, -0.25) is 14.9 Å². The van der Waals surface area contributed by atoms with Crippen LogP contribution in [0.4, 0.5) is 10.8 Å². The zero-order chi connectivity index (χ0) is 20.6. The number of carbonyl (C=O) groups is 2. The fraction of sp³-hybridized carbons (Fsp3) is 0.158. The van der Waals surface area contributed by atoms with Gasteiger partial charge in [-0.2, -0.15) is 0 Å². The Hall–Kier alpha value is -3.11. The molecule has 0 bridgehead atoms. The molecule has 29 heavy (non-hydrogen) atoms. The predicted molar refractivity (Wildman–Crippen MR) is 112 cm³/mol. The number of para-hydroxylation sites is 3. The fourth-order valence-corrected chi connectivity index (χ4v) is 3.94. The highest BCUT2D eigenvalue weighted by Crippen LogP contribution is 2.31. The van der Waals surface area contributed by atoms with Gasteiger partial charge in [0.05, 0.1) is 31.2 Å². The molecule has 0 aliphatic heterocycles. The fourth-order valence-electron chi connectivity index (χ4n) is 2.37. The number of hydrogen-bond donors (Lipinski definition) is 2. The Morgan fingerprint density at radius 3 is 2.45 bits per heavy atom. The van der Waals surface area contributed by atoms with Crippen LogP contribution in [0.3, 0.4) is 0 Å². The van der Waals surface area contributed by atoms with Crippen molar-refractivity contribution < 1.29 is 19.1 Å². The maximum absolute atomic E-state index is 12.2. The SMILES string of the molecule is COc1ccccc1Nc1nnc(SCC(=O)NC(=O)c2ccccc2OC)s1.